The molecule has 0 N–H and O–H groups in total. The Morgan fingerprint density at radius 1 is 1.30 bits per heavy atom. The maximum atomic E-state index is 5.75. The highest BCUT2D eigenvalue weighted by molar-refractivity contribution is 5.10. The van der Waals surface area contributed by atoms with E-state index in [0.29, 0.717) is 5.92 Å². The van der Waals surface area contributed by atoms with Gasteiger partial charge in [-0.15, -0.1) is 10.2 Å². The van der Waals surface area contributed by atoms with Crippen LogP contribution in [0.1, 0.15) is 43.0 Å². The smallest absolute Gasteiger partial charge is 0.220 e. The van der Waals surface area contributed by atoms with Gasteiger partial charge < -0.3 is 4.42 Å². The lowest BCUT2D eigenvalue weighted by Gasteiger charge is -2.14. The number of pyridine rings is 1. The lowest BCUT2D eigenvalue weighted by molar-refractivity contribution is 0.318. The number of aryl methyl sites for hydroxylation is 1. The highest BCUT2D eigenvalue weighted by Crippen LogP contribution is 2.27. The van der Waals surface area contributed by atoms with E-state index in [9.17, 15) is 0 Å². The molecule has 106 valence electrons. The molecule has 5 heteroatoms. The molecule has 5 nitrogen and oxygen atoms in total. The molecule has 0 bridgehead atoms. The van der Waals surface area contributed by atoms with Crippen molar-refractivity contribution >= 4 is 0 Å². The fourth-order valence-electron chi connectivity index (χ4n) is 2.67. The van der Waals surface area contributed by atoms with Crippen LogP contribution in [0.3, 0.4) is 0 Å². The summed E-state index contributed by atoms with van der Waals surface area (Å²) < 4.78 is 5.75. The molecule has 0 unspecified atom stereocenters. The Morgan fingerprint density at radius 2 is 2.15 bits per heavy atom. The van der Waals surface area contributed by atoms with Crippen molar-refractivity contribution < 1.29 is 4.42 Å². The van der Waals surface area contributed by atoms with Crippen LogP contribution >= 0.6 is 0 Å². The Kier molecular flexibility index (Phi) is 4.06. The predicted octanol–water partition coefficient (Wildman–Crippen LogP) is 2.41. The van der Waals surface area contributed by atoms with Gasteiger partial charge in [-0.1, -0.05) is 6.92 Å². The van der Waals surface area contributed by atoms with Crippen LogP contribution in [0.2, 0.25) is 0 Å². The van der Waals surface area contributed by atoms with Gasteiger partial charge in [-0.2, -0.15) is 0 Å². The van der Waals surface area contributed by atoms with E-state index in [1.807, 2.05) is 12.4 Å². The first-order chi connectivity index (χ1) is 9.85. The molecule has 2 aromatic rings. The molecule has 1 aliphatic heterocycles. The molecule has 1 fully saturated rings. The Bertz CT molecular complexity index is 540. The van der Waals surface area contributed by atoms with Crippen LogP contribution in [-0.4, -0.2) is 33.2 Å². The largest absolute Gasteiger partial charge is 0.425 e. The Morgan fingerprint density at radius 3 is 2.95 bits per heavy atom. The van der Waals surface area contributed by atoms with Crippen LogP contribution in [0.25, 0.3) is 0 Å². The monoisotopic (exact) mass is 272 g/mol. The summed E-state index contributed by atoms with van der Waals surface area (Å²) in [7, 11) is 0. The van der Waals surface area contributed by atoms with Crippen molar-refractivity contribution in [2.75, 3.05) is 13.1 Å². The molecule has 0 radical (unpaired) electrons. The summed E-state index contributed by atoms with van der Waals surface area (Å²) in [5.74, 6) is 1.97. The maximum Gasteiger partial charge on any atom is 0.220 e. The molecule has 0 amide bonds. The van der Waals surface area contributed by atoms with Crippen LogP contribution in [0, 0.1) is 0 Å². The second-order valence-electron chi connectivity index (χ2n) is 5.36. The van der Waals surface area contributed by atoms with Gasteiger partial charge in [-0.25, -0.2) is 0 Å². The molecule has 0 aromatic carbocycles. The Balaban J connectivity index is 1.58. The van der Waals surface area contributed by atoms with Crippen LogP contribution in [0.4, 0.5) is 0 Å². The van der Waals surface area contributed by atoms with Gasteiger partial charge in [-0.3, -0.25) is 9.88 Å². The standard InChI is InChI=1S/C15H20N4O/c1-2-3-14-17-18-15(20-14)13-6-9-19(11-13)10-12-4-7-16-8-5-12/h4-5,7-8,13H,2-3,6,9-11H2,1H3/t13-/m0/s1. The first-order valence-electron chi connectivity index (χ1n) is 7.28. The van der Waals surface area contributed by atoms with E-state index in [4.69, 9.17) is 4.42 Å². The fourth-order valence-corrected chi connectivity index (χ4v) is 2.67. The SMILES string of the molecule is CCCc1nnc([C@H]2CCN(Cc3ccncc3)C2)o1. The normalized spacial score (nSPS) is 19.6. The van der Waals surface area contributed by atoms with E-state index in [1.54, 1.807) is 0 Å². The number of nitrogens with zero attached hydrogens (tertiary/aromatic N) is 4. The second kappa shape index (κ2) is 6.13. The van der Waals surface area contributed by atoms with E-state index in [-0.39, 0.29) is 0 Å². The number of hydrogen-bond donors (Lipinski definition) is 0. The predicted molar refractivity (Wildman–Crippen MR) is 75.2 cm³/mol. The van der Waals surface area contributed by atoms with Gasteiger partial charge in [0, 0.05) is 31.9 Å². The highest BCUT2D eigenvalue weighted by Gasteiger charge is 2.28. The van der Waals surface area contributed by atoms with Crippen LogP contribution < -0.4 is 0 Å². The lowest BCUT2D eigenvalue weighted by Crippen LogP contribution is -2.19. The molecule has 0 saturated carbocycles. The van der Waals surface area contributed by atoms with Gasteiger partial charge in [-0.05, 0) is 37.1 Å². The minimum absolute atomic E-state index is 0.384. The molecule has 3 rings (SSSR count). The molecule has 1 saturated heterocycles. The fraction of sp³-hybridized carbons (Fsp3) is 0.533. The lowest BCUT2D eigenvalue weighted by atomic mass is 10.1. The first kappa shape index (κ1) is 13.2. The van der Waals surface area contributed by atoms with Crippen LogP contribution in [0.15, 0.2) is 28.9 Å². The third-order valence-corrected chi connectivity index (χ3v) is 3.72. The second-order valence-corrected chi connectivity index (χ2v) is 5.36. The van der Waals surface area contributed by atoms with Gasteiger partial charge in [0.15, 0.2) is 0 Å². The first-order valence-corrected chi connectivity index (χ1v) is 7.28. The zero-order valence-corrected chi connectivity index (χ0v) is 11.8. The van der Waals surface area contributed by atoms with Crippen LogP contribution in [0.5, 0.6) is 0 Å². The third-order valence-electron chi connectivity index (χ3n) is 3.72. The third kappa shape index (κ3) is 3.04. The summed E-state index contributed by atoms with van der Waals surface area (Å²) in [5.41, 5.74) is 1.30. The minimum Gasteiger partial charge on any atom is -0.425 e. The molecular formula is C15H20N4O. The number of likely N-dealkylation sites (tertiary alicyclic amines) is 1. The van der Waals surface area contributed by atoms with Gasteiger partial charge in [0.05, 0.1) is 5.92 Å². The van der Waals surface area contributed by atoms with Crippen molar-refractivity contribution in [1.82, 2.24) is 20.1 Å². The molecule has 20 heavy (non-hydrogen) atoms. The van der Waals surface area contributed by atoms with Gasteiger partial charge in [0.1, 0.15) is 0 Å². The summed E-state index contributed by atoms with van der Waals surface area (Å²) in [6, 6.07) is 4.14. The topological polar surface area (TPSA) is 55.1 Å². The van der Waals surface area contributed by atoms with Gasteiger partial charge >= 0.3 is 0 Å². The van der Waals surface area contributed by atoms with Gasteiger partial charge in [0.25, 0.3) is 0 Å². The van der Waals surface area contributed by atoms with Crippen molar-refractivity contribution in [1.29, 1.82) is 0 Å². The average Bonchev–Trinajstić information content (AvgIpc) is 3.10. The molecular weight excluding hydrogens is 252 g/mol. The zero-order chi connectivity index (χ0) is 13.8. The van der Waals surface area contributed by atoms with E-state index in [1.165, 1.54) is 5.56 Å². The summed E-state index contributed by atoms with van der Waals surface area (Å²) >= 11 is 0. The Labute approximate surface area is 119 Å². The number of aromatic nitrogens is 3. The molecule has 0 spiro atoms. The summed E-state index contributed by atoms with van der Waals surface area (Å²) in [6.45, 7) is 5.17. The van der Waals surface area contributed by atoms with E-state index in [2.05, 4.69) is 39.1 Å². The van der Waals surface area contributed by atoms with E-state index >= 15 is 0 Å². The maximum absolute atomic E-state index is 5.75. The molecule has 0 aliphatic carbocycles. The van der Waals surface area contributed by atoms with E-state index in [0.717, 1.165) is 50.7 Å². The quantitative estimate of drug-likeness (QED) is 0.836. The van der Waals surface area contributed by atoms with Crippen molar-refractivity contribution in [3.8, 4) is 0 Å². The van der Waals surface area contributed by atoms with Crippen LogP contribution in [-0.2, 0) is 13.0 Å². The average molecular weight is 272 g/mol. The minimum atomic E-state index is 0.384. The summed E-state index contributed by atoms with van der Waals surface area (Å²) in [5, 5.41) is 8.32. The van der Waals surface area contributed by atoms with Crippen molar-refractivity contribution in [3.05, 3.63) is 41.9 Å². The van der Waals surface area contributed by atoms with Crippen molar-refractivity contribution in [2.45, 2.75) is 38.6 Å². The number of rotatable bonds is 5. The summed E-state index contributed by atoms with van der Waals surface area (Å²) in [4.78, 5) is 6.49. The number of hydrogen-bond acceptors (Lipinski definition) is 5. The van der Waals surface area contributed by atoms with Crippen molar-refractivity contribution in [2.24, 2.45) is 0 Å². The van der Waals surface area contributed by atoms with Gasteiger partial charge in [0.2, 0.25) is 11.8 Å². The van der Waals surface area contributed by atoms with Crippen molar-refractivity contribution in [3.63, 3.8) is 0 Å². The highest BCUT2D eigenvalue weighted by atomic mass is 16.4. The Hall–Kier alpha value is -1.75. The molecule has 3 heterocycles. The zero-order valence-electron chi connectivity index (χ0n) is 11.8. The molecule has 2 aromatic heterocycles. The molecule has 1 atom stereocenters. The van der Waals surface area contributed by atoms with E-state index < -0.39 is 0 Å². The molecule has 1 aliphatic rings. The summed E-state index contributed by atoms with van der Waals surface area (Å²) in [6.07, 6.45) is 6.70.